The SMILES string of the molecule is Pn1c2ccccc2c2ccc3c4ccccc4n(-c4cc5c(sc6ccccc65)c(-c5ccccc5)n4)c3c21. The minimum Gasteiger partial charge on any atom is -0.323 e. The maximum atomic E-state index is 5.46. The predicted molar refractivity (Wildman–Crippen MR) is 175 cm³/mol. The molecule has 0 radical (unpaired) electrons. The van der Waals surface area contributed by atoms with E-state index in [1.807, 2.05) is 11.3 Å². The molecule has 5 heteroatoms. The van der Waals surface area contributed by atoms with Gasteiger partial charge in [-0.1, -0.05) is 97.1 Å². The molecule has 0 bridgehead atoms. The van der Waals surface area contributed by atoms with Gasteiger partial charge >= 0.3 is 0 Å². The molecule has 5 aromatic carbocycles. The lowest BCUT2D eigenvalue weighted by Crippen LogP contribution is -2.00. The molecule has 9 aromatic rings. The first kappa shape index (κ1) is 22.3. The molecule has 0 aliphatic heterocycles. The van der Waals surface area contributed by atoms with Crippen molar-refractivity contribution in [1.29, 1.82) is 0 Å². The van der Waals surface area contributed by atoms with Gasteiger partial charge < -0.3 is 4.34 Å². The highest BCUT2D eigenvalue weighted by atomic mass is 32.1. The molecule has 0 spiro atoms. The largest absolute Gasteiger partial charge is 0.323 e. The van der Waals surface area contributed by atoms with Crippen LogP contribution in [0.25, 0.3) is 80.9 Å². The Hall–Kier alpha value is -4.50. The Labute approximate surface area is 236 Å². The summed E-state index contributed by atoms with van der Waals surface area (Å²) >= 11 is 1.83. The number of benzene rings is 5. The van der Waals surface area contributed by atoms with Crippen LogP contribution < -0.4 is 0 Å². The molecule has 0 N–H and O–H groups in total. The summed E-state index contributed by atoms with van der Waals surface area (Å²) in [6.07, 6.45) is 0. The molecule has 4 heterocycles. The van der Waals surface area contributed by atoms with Gasteiger partial charge in [-0.05, 0) is 33.7 Å². The van der Waals surface area contributed by atoms with E-state index in [4.69, 9.17) is 4.98 Å². The summed E-state index contributed by atoms with van der Waals surface area (Å²) in [4.78, 5) is 5.46. The Morgan fingerprint density at radius 3 is 1.98 bits per heavy atom. The van der Waals surface area contributed by atoms with Crippen LogP contribution in [-0.2, 0) is 0 Å². The quantitative estimate of drug-likeness (QED) is 0.198. The van der Waals surface area contributed by atoms with Crippen LogP contribution >= 0.6 is 20.7 Å². The van der Waals surface area contributed by atoms with Gasteiger partial charge in [0.2, 0.25) is 0 Å². The number of pyridine rings is 1. The standard InChI is InChI=1S/C35H22N3PS/c39-38-29-16-8-5-13-23(29)26-19-18-25-22-12-4-7-15-28(22)37(33(25)34(26)38)31-20-27-24-14-6-9-17-30(24)40-35(27)32(36-31)21-10-2-1-3-11-21/h1-20H,39H2. The zero-order valence-electron chi connectivity index (χ0n) is 21.4. The molecule has 188 valence electrons. The van der Waals surface area contributed by atoms with Crippen molar-refractivity contribution in [3.8, 4) is 17.1 Å². The topological polar surface area (TPSA) is 22.8 Å². The van der Waals surface area contributed by atoms with Gasteiger partial charge in [0.15, 0.2) is 0 Å². The lowest BCUT2D eigenvalue weighted by atomic mass is 10.1. The number of nitrogens with zero attached hydrogens (tertiary/aromatic N) is 3. The lowest BCUT2D eigenvalue weighted by Gasteiger charge is -2.12. The van der Waals surface area contributed by atoms with Crippen LogP contribution in [0.1, 0.15) is 0 Å². The van der Waals surface area contributed by atoms with Crippen molar-refractivity contribution >= 4 is 84.5 Å². The van der Waals surface area contributed by atoms with Crippen molar-refractivity contribution in [2.45, 2.75) is 0 Å². The highest BCUT2D eigenvalue weighted by Crippen LogP contribution is 2.44. The normalized spacial score (nSPS) is 12.1. The smallest absolute Gasteiger partial charge is 0.139 e. The Balaban J connectivity index is 1.51. The first-order valence-electron chi connectivity index (χ1n) is 13.4. The summed E-state index contributed by atoms with van der Waals surface area (Å²) < 4.78 is 7.15. The fraction of sp³-hybridized carbons (Fsp3) is 0. The van der Waals surface area contributed by atoms with E-state index < -0.39 is 0 Å². The molecule has 9 rings (SSSR count). The molecular formula is C35H22N3PS. The van der Waals surface area contributed by atoms with E-state index in [2.05, 4.69) is 140 Å². The number of hydrogen-bond acceptors (Lipinski definition) is 2. The average molecular weight is 548 g/mol. The van der Waals surface area contributed by atoms with Crippen LogP contribution in [0.2, 0.25) is 0 Å². The van der Waals surface area contributed by atoms with Gasteiger partial charge in [0.25, 0.3) is 0 Å². The minimum atomic E-state index is 0.934. The Morgan fingerprint density at radius 1 is 0.550 bits per heavy atom. The van der Waals surface area contributed by atoms with Gasteiger partial charge in [-0.15, -0.1) is 11.3 Å². The van der Waals surface area contributed by atoms with Crippen LogP contribution in [-0.4, -0.2) is 13.9 Å². The maximum absolute atomic E-state index is 5.46. The van der Waals surface area contributed by atoms with E-state index >= 15 is 0 Å². The Kier molecular flexibility index (Phi) is 4.61. The van der Waals surface area contributed by atoms with Crippen LogP contribution in [0.5, 0.6) is 0 Å². The molecule has 0 saturated carbocycles. The molecule has 0 aliphatic rings. The van der Waals surface area contributed by atoms with Gasteiger partial charge in [-0.3, -0.25) is 4.57 Å². The third-order valence-electron chi connectivity index (χ3n) is 8.13. The molecular weight excluding hydrogens is 525 g/mol. The number of rotatable bonds is 2. The van der Waals surface area contributed by atoms with Crippen LogP contribution in [0.15, 0.2) is 121 Å². The summed E-state index contributed by atoms with van der Waals surface area (Å²) in [5.74, 6) is 0.934. The molecule has 1 atom stereocenters. The monoisotopic (exact) mass is 547 g/mol. The fourth-order valence-corrected chi connectivity index (χ4v) is 8.07. The summed E-state index contributed by atoms with van der Waals surface area (Å²) in [7, 11) is 2.96. The minimum absolute atomic E-state index is 0.934. The van der Waals surface area contributed by atoms with E-state index in [1.165, 1.54) is 58.3 Å². The van der Waals surface area contributed by atoms with Gasteiger partial charge in [0.1, 0.15) is 5.82 Å². The molecule has 0 aliphatic carbocycles. The summed E-state index contributed by atoms with van der Waals surface area (Å²) in [5.41, 5.74) is 6.88. The van der Waals surface area contributed by atoms with E-state index in [-0.39, 0.29) is 0 Å². The number of thiophene rings is 1. The first-order valence-corrected chi connectivity index (χ1v) is 14.7. The van der Waals surface area contributed by atoms with Crippen molar-refractivity contribution in [1.82, 2.24) is 13.9 Å². The highest BCUT2D eigenvalue weighted by molar-refractivity contribution is 7.26. The number of fused-ring (bicyclic) bond motifs is 10. The van der Waals surface area contributed by atoms with Gasteiger partial charge in [-0.2, -0.15) is 0 Å². The predicted octanol–water partition coefficient (Wildman–Crippen LogP) is 9.96. The fourth-order valence-electron chi connectivity index (χ4n) is 6.39. The Bertz CT molecular complexity index is 2450. The molecule has 0 amide bonds. The van der Waals surface area contributed by atoms with Crippen molar-refractivity contribution in [2.75, 3.05) is 0 Å². The molecule has 1 unspecified atom stereocenters. The number of hydrogen-bond donors (Lipinski definition) is 0. The second-order valence-corrected chi connectivity index (χ2v) is 11.8. The van der Waals surface area contributed by atoms with Crippen molar-refractivity contribution in [2.24, 2.45) is 0 Å². The molecule has 4 aromatic heterocycles. The second kappa shape index (κ2) is 8.25. The number of para-hydroxylation sites is 2. The van der Waals surface area contributed by atoms with Crippen LogP contribution in [0.3, 0.4) is 0 Å². The van der Waals surface area contributed by atoms with E-state index in [0.29, 0.717) is 0 Å². The second-order valence-electron chi connectivity index (χ2n) is 10.3. The highest BCUT2D eigenvalue weighted by Gasteiger charge is 2.21. The van der Waals surface area contributed by atoms with E-state index in [9.17, 15) is 0 Å². The third kappa shape index (κ3) is 2.95. The van der Waals surface area contributed by atoms with Crippen molar-refractivity contribution in [3.63, 3.8) is 0 Å². The van der Waals surface area contributed by atoms with E-state index in [1.54, 1.807) is 0 Å². The van der Waals surface area contributed by atoms with Crippen LogP contribution in [0, 0.1) is 0 Å². The summed E-state index contributed by atoms with van der Waals surface area (Å²) in [5, 5.41) is 7.47. The number of aromatic nitrogens is 3. The summed E-state index contributed by atoms with van der Waals surface area (Å²) in [6.45, 7) is 0. The zero-order valence-corrected chi connectivity index (χ0v) is 23.3. The maximum Gasteiger partial charge on any atom is 0.139 e. The average Bonchev–Trinajstić information content (AvgIpc) is 3.65. The molecule has 3 nitrogen and oxygen atoms in total. The van der Waals surface area contributed by atoms with Crippen LogP contribution in [0.4, 0.5) is 0 Å². The molecule has 0 saturated heterocycles. The Morgan fingerprint density at radius 2 is 1.18 bits per heavy atom. The van der Waals surface area contributed by atoms with Crippen molar-refractivity contribution in [3.05, 3.63) is 121 Å². The first-order chi connectivity index (χ1) is 19.8. The van der Waals surface area contributed by atoms with E-state index in [0.717, 1.165) is 22.6 Å². The van der Waals surface area contributed by atoms with Crippen molar-refractivity contribution < 1.29 is 0 Å². The molecule has 40 heavy (non-hydrogen) atoms. The zero-order chi connectivity index (χ0) is 26.4. The van der Waals surface area contributed by atoms with Gasteiger partial charge in [0, 0.05) is 42.6 Å². The summed E-state index contributed by atoms with van der Waals surface area (Å²) in [6, 6.07) is 43.5. The van der Waals surface area contributed by atoms with Gasteiger partial charge in [-0.25, -0.2) is 4.98 Å². The third-order valence-corrected chi connectivity index (χ3v) is 9.86. The van der Waals surface area contributed by atoms with Gasteiger partial charge in [0.05, 0.1) is 32.5 Å². The molecule has 0 fully saturated rings. The lowest BCUT2D eigenvalue weighted by molar-refractivity contribution is 1.10.